The van der Waals surface area contributed by atoms with Crippen molar-refractivity contribution in [2.45, 2.75) is 26.5 Å². The van der Waals surface area contributed by atoms with Gasteiger partial charge in [0.1, 0.15) is 10.4 Å². The number of para-hydroxylation sites is 1. The van der Waals surface area contributed by atoms with Crippen LogP contribution in [0.2, 0.25) is 0 Å². The van der Waals surface area contributed by atoms with Crippen LogP contribution in [-0.4, -0.2) is 10.7 Å². The summed E-state index contributed by atoms with van der Waals surface area (Å²) in [5.41, 5.74) is 1.08. The quantitative estimate of drug-likeness (QED) is 0.613. The SMILES string of the molecule is C#CC(C)Oc1cc(=S)n(CC)c2ccccc12. The molecule has 0 spiro atoms. The molecule has 2 nitrogen and oxygen atoms in total. The van der Waals surface area contributed by atoms with Crippen molar-refractivity contribution in [3.05, 3.63) is 35.0 Å². The van der Waals surface area contributed by atoms with Crippen LogP contribution in [0, 0.1) is 17.0 Å². The van der Waals surface area contributed by atoms with Crippen LogP contribution in [0.4, 0.5) is 0 Å². The van der Waals surface area contributed by atoms with Crippen molar-refractivity contribution in [2.24, 2.45) is 0 Å². The molecule has 1 aromatic heterocycles. The molecule has 92 valence electrons. The fourth-order valence-corrected chi connectivity index (χ4v) is 2.29. The summed E-state index contributed by atoms with van der Waals surface area (Å²) >= 11 is 5.39. The largest absolute Gasteiger partial charge is 0.477 e. The Balaban J connectivity index is 2.69. The second kappa shape index (κ2) is 5.24. The molecule has 2 rings (SSSR count). The topological polar surface area (TPSA) is 14.2 Å². The third-order valence-electron chi connectivity index (χ3n) is 2.84. The lowest BCUT2D eigenvalue weighted by atomic mass is 10.2. The highest BCUT2D eigenvalue weighted by Crippen LogP contribution is 2.27. The standard InChI is InChI=1S/C15H15NOS/c1-4-11(3)17-14-10-15(18)16(5-2)13-9-7-6-8-12(13)14/h1,6-11H,5H2,2-3H3. The Morgan fingerprint density at radius 3 is 2.83 bits per heavy atom. The molecule has 0 fully saturated rings. The molecule has 0 aliphatic carbocycles. The molecular weight excluding hydrogens is 242 g/mol. The molecule has 1 aromatic carbocycles. The Labute approximate surface area is 112 Å². The van der Waals surface area contributed by atoms with Gasteiger partial charge < -0.3 is 9.30 Å². The fourth-order valence-electron chi connectivity index (χ4n) is 1.95. The number of benzene rings is 1. The van der Waals surface area contributed by atoms with E-state index in [9.17, 15) is 0 Å². The van der Waals surface area contributed by atoms with E-state index in [1.807, 2.05) is 37.3 Å². The molecule has 0 radical (unpaired) electrons. The number of hydrogen-bond acceptors (Lipinski definition) is 2. The van der Waals surface area contributed by atoms with Gasteiger partial charge in [0.25, 0.3) is 0 Å². The number of aryl methyl sites for hydroxylation is 1. The van der Waals surface area contributed by atoms with E-state index >= 15 is 0 Å². The zero-order valence-corrected chi connectivity index (χ0v) is 11.3. The van der Waals surface area contributed by atoms with Gasteiger partial charge in [0.05, 0.1) is 5.52 Å². The lowest BCUT2D eigenvalue weighted by molar-refractivity contribution is 0.282. The van der Waals surface area contributed by atoms with Crippen molar-refractivity contribution >= 4 is 23.1 Å². The van der Waals surface area contributed by atoms with E-state index in [1.54, 1.807) is 0 Å². The van der Waals surface area contributed by atoms with E-state index in [-0.39, 0.29) is 6.10 Å². The third-order valence-corrected chi connectivity index (χ3v) is 3.17. The maximum atomic E-state index is 5.74. The van der Waals surface area contributed by atoms with Gasteiger partial charge in [-0.15, -0.1) is 6.42 Å². The molecule has 2 aromatic rings. The lowest BCUT2D eigenvalue weighted by Gasteiger charge is -2.15. The first-order valence-corrected chi connectivity index (χ1v) is 6.33. The minimum Gasteiger partial charge on any atom is -0.477 e. The molecule has 1 unspecified atom stereocenters. The third kappa shape index (κ3) is 2.25. The summed E-state index contributed by atoms with van der Waals surface area (Å²) in [7, 11) is 0. The van der Waals surface area contributed by atoms with E-state index in [1.165, 1.54) is 0 Å². The lowest BCUT2D eigenvalue weighted by Crippen LogP contribution is -2.10. The predicted octanol–water partition coefficient (Wildman–Crippen LogP) is 3.79. The maximum absolute atomic E-state index is 5.74. The average Bonchev–Trinajstić information content (AvgIpc) is 2.39. The van der Waals surface area contributed by atoms with Gasteiger partial charge in [-0.05, 0) is 26.0 Å². The number of terminal acetylenes is 1. The Bertz CT molecular complexity index is 666. The Kier molecular flexibility index (Phi) is 3.69. The van der Waals surface area contributed by atoms with Crippen LogP contribution in [0.5, 0.6) is 5.75 Å². The minimum absolute atomic E-state index is 0.264. The van der Waals surface area contributed by atoms with Crippen LogP contribution in [0.25, 0.3) is 10.9 Å². The van der Waals surface area contributed by atoms with Gasteiger partial charge in [-0.1, -0.05) is 30.3 Å². The number of hydrogen-bond donors (Lipinski definition) is 0. The van der Waals surface area contributed by atoms with E-state index in [0.29, 0.717) is 0 Å². The minimum atomic E-state index is -0.264. The van der Waals surface area contributed by atoms with Gasteiger partial charge in [-0.2, -0.15) is 0 Å². The second-order valence-corrected chi connectivity index (χ2v) is 4.45. The summed E-state index contributed by atoms with van der Waals surface area (Å²) in [5, 5.41) is 1.04. The zero-order valence-electron chi connectivity index (χ0n) is 10.5. The van der Waals surface area contributed by atoms with E-state index in [2.05, 4.69) is 17.4 Å². The summed E-state index contributed by atoms with van der Waals surface area (Å²) in [6.45, 7) is 4.76. The second-order valence-electron chi connectivity index (χ2n) is 4.03. The van der Waals surface area contributed by atoms with Gasteiger partial charge in [0.2, 0.25) is 0 Å². The molecule has 0 saturated carbocycles. The molecule has 0 bridgehead atoms. The van der Waals surface area contributed by atoms with Crippen LogP contribution in [0.15, 0.2) is 30.3 Å². The van der Waals surface area contributed by atoms with Crippen molar-refractivity contribution < 1.29 is 4.74 Å². The molecule has 1 heterocycles. The van der Waals surface area contributed by atoms with Crippen molar-refractivity contribution in [3.8, 4) is 18.1 Å². The number of nitrogens with zero attached hydrogens (tertiary/aromatic N) is 1. The smallest absolute Gasteiger partial charge is 0.156 e. The van der Waals surface area contributed by atoms with Crippen LogP contribution in [0.3, 0.4) is 0 Å². The van der Waals surface area contributed by atoms with Gasteiger partial charge in [-0.25, -0.2) is 0 Å². The molecule has 3 heteroatoms. The predicted molar refractivity (Wildman–Crippen MR) is 77.4 cm³/mol. The number of fused-ring (bicyclic) bond motifs is 1. The molecule has 1 atom stereocenters. The first-order valence-electron chi connectivity index (χ1n) is 5.92. The Hall–Kier alpha value is -1.79. The number of rotatable bonds is 3. The monoisotopic (exact) mass is 257 g/mol. The van der Waals surface area contributed by atoms with Crippen molar-refractivity contribution in [2.75, 3.05) is 0 Å². The van der Waals surface area contributed by atoms with Crippen LogP contribution in [0.1, 0.15) is 13.8 Å². The summed E-state index contributed by atoms with van der Waals surface area (Å²) < 4.78 is 8.58. The van der Waals surface area contributed by atoms with Crippen molar-refractivity contribution in [3.63, 3.8) is 0 Å². The average molecular weight is 257 g/mol. The van der Waals surface area contributed by atoms with E-state index < -0.39 is 0 Å². The zero-order chi connectivity index (χ0) is 13.1. The van der Waals surface area contributed by atoms with E-state index in [0.717, 1.165) is 27.8 Å². The van der Waals surface area contributed by atoms with Gasteiger partial charge >= 0.3 is 0 Å². The molecule has 0 aliphatic rings. The summed E-state index contributed by atoms with van der Waals surface area (Å²) in [4.78, 5) is 0. The van der Waals surface area contributed by atoms with Crippen molar-refractivity contribution in [1.82, 2.24) is 4.57 Å². The molecule has 0 N–H and O–H groups in total. The number of aromatic nitrogens is 1. The summed E-state index contributed by atoms with van der Waals surface area (Å²) in [5.74, 6) is 3.32. The van der Waals surface area contributed by atoms with Gasteiger partial charge in [0.15, 0.2) is 6.10 Å². The molecule has 18 heavy (non-hydrogen) atoms. The number of ether oxygens (including phenoxy) is 1. The van der Waals surface area contributed by atoms with Gasteiger partial charge in [-0.3, -0.25) is 0 Å². The van der Waals surface area contributed by atoms with Crippen molar-refractivity contribution in [1.29, 1.82) is 0 Å². The Morgan fingerprint density at radius 2 is 2.17 bits per heavy atom. The number of pyridine rings is 1. The van der Waals surface area contributed by atoms with Gasteiger partial charge in [0, 0.05) is 18.0 Å². The first-order chi connectivity index (χ1) is 8.67. The summed E-state index contributed by atoms with van der Waals surface area (Å²) in [6.07, 6.45) is 5.09. The van der Waals surface area contributed by atoms with Crippen LogP contribution in [-0.2, 0) is 6.54 Å². The summed E-state index contributed by atoms with van der Waals surface area (Å²) in [6, 6.07) is 9.92. The maximum Gasteiger partial charge on any atom is 0.156 e. The fraction of sp³-hybridized carbons (Fsp3) is 0.267. The molecule has 0 saturated heterocycles. The Morgan fingerprint density at radius 1 is 1.44 bits per heavy atom. The van der Waals surface area contributed by atoms with E-state index in [4.69, 9.17) is 23.4 Å². The molecule has 0 amide bonds. The molecular formula is C15H15NOS. The highest BCUT2D eigenvalue weighted by Gasteiger charge is 2.08. The highest BCUT2D eigenvalue weighted by molar-refractivity contribution is 7.71. The molecule has 0 aliphatic heterocycles. The van der Waals surface area contributed by atoms with Crippen LogP contribution >= 0.6 is 12.2 Å². The highest BCUT2D eigenvalue weighted by atomic mass is 32.1. The normalized spacial score (nSPS) is 12.1. The first kappa shape index (κ1) is 12.7. The van der Waals surface area contributed by atoms with Crippen LogP contribution < -0.4 is 4.74 Å².